The Kier molecular flexibility index (Phi) is 26.6. The summed E-state index contributed by atoms with van der Waals surface area (Å²) in [7, 11) is 5.48. The number of aliphatic hydroxyl groups is 7. The van der Waals surface area contributed by atoms with Crippen molar-refractivity contribution >= 4 is 53.4 Å². The minimum absolute atomic E-state index is 0.0273. The van der Waals surface area contributed by atoms with Gasteiger partial charge in [0.2, 0.25) is 29.5 Å². The molecule has 94 heavy (non-hydrogen) atoms. The monoisotopic (exact) mass is 1310 g/mol. The van der Waals surface area contributed by atoms with Crippen molar-refractivity contribution in [3.8, 4) is 33.8 Å². The quantitative estimate of drug-likeness (QED) is 0.0179. The summed E-state index contributed by atoms with van der Waals surface area (Å²) in [6.07, 6.45) is -14.4. The number of carbonyl (C=O) groups is 8. The summed E-state index contributed by atoms with van der Waals surface area (Å²) in [6.45, 7) is 5.09. The zero-order valence-electron chi connectivity index (χ0n) is 53.3. The molecule has 3 saturated heterocycles. The molecular formula is C65H86N8O21. The van der Waals surface area contributed by atoms with Gasteiger partial charge in [0.15, 0.2) is 17.8 Å². The fourth-order valence-corrected chi connectivity index (χ4v) is 11.3. The van der Waals surface area contributed by atoms with Crippen LogP contribution in [0.25, 0.3) is 22.3 Å². The molecule has 7 rings (SSSR count). The molecule has 3 aliphatic rings. The normalized spacial score (nSPS) is 25.5. The van der Waals surface area contributed by atoms with E-state index in [9.17, 15) is 84.5 Å². The van der Waals surface area contributed by atoms with E-state index in [0.29, 0.717) is 17.2 Å². The first kappa shape index (κ1) is 74.5. The molecule has 0 aliphatic carbocycles. The number of carboxylic acid groups (broad SMARTS) is 1. The fourth-order valence-electron chi connectivity index (χ4n) is 11.3. The number of nitro benzene ring substituents is 1. The lowest BCUT2D eigenvalue weighted by atomic mass is 9.86. The molecule has 3 heterocycles. The predicted molar refractivity (Wildman–Crippen MR) is 334 cm³/mol. The van der Waals surface area contributed by atoms with Crippen molar-refractivity contribution in [2.45, 2.75) is 145 Å². The molecule has 3 aliphatic heterocycles. The maximum atomic E-state index is 14.8. The number of hydrogen-bond acceptors (Lipinski definition) is 21. The largest absolute Gasteiger partial charge is 0.554 e. The Morgan fingerprint density at radius 2 is 1.30 bits per heavy atom. The van der Waals surface area contributed by atoms with Crippen LogP contribution in [0.1, 0.15) is 88.2 Å². The van der Waals surface area contributed by atoms with E-state index in [1.54, 1.807) is 12.1 Å². The summed E-state index contributed by atoms with van der Waals surface area (Å²) in [6, 6.07) is 15.0. The highest BCUT2D eigenvalue weighted by Crippen LogP contribution is 2.35. The first-order valence-electron chi connectivity index (χ1n) is 30.9. The van der Waals surface area contributed by atoms with E-state index in [2.05, 4.69) is 28.2 Å². The number of rotatable bonds is 19. The van der Waals surface area contributed by atoms with Crippen LogP contribution < -0.4 is 31.1 Å². The standard InChI is InChI=1S/C64H84N8O19.CH2O2/c1-8-9-10-26-90-44-22-19-40(20-23-44)38-13-11-37(12-14-38)39-15-17-41(18-16-39)58(82)65-46-31-51(78)62(91-27-25-72(5,6)7)68-61(85)54-55(79)34(2)32-70(54)64(87)53(36(4)74)66-59(83)45(57(81)56(80)42-21-24-49(76)48(28-42)71(88)89)30-50(77)47-29-43(75)33-69(47)63(86)52(35(3)73)67-60(46)84;2-1-3/h11-24,28,34-36,43,45-47,51-57,62,73-75,78-81H,8-10,25-27,29-33H2,1-7H3,(H4-,65,66,67,68,76,82,83,84,85);1H,(H,2,3)/t34-,35+,36+,43+,45-,46-,47-,51+,52-,53-,54-,55-,56-,57-,62+;/m0./s1. The summed E-state index contributed by atoms with van der Waals surface area (Å²) in [5, 5.41) is 121. The molecule has 15 atom stereocenters. The predicted octanol–water partition coefficient (Wildman–Crippen LogP) is -0.832. The van der Waals surface area contributed by atoms with Crippen LogP contribution in [0.5, 0.6) is 11.5 Å². The summed E-state index contributed by atoms with van der Waals surface area (Å²) >= 11 is 0. The van der Waals surface area contributed by atoms with Crippen molar-refractivity contribution in [1.29, 1.82) is 0 Å². The van der Waals surface area contributed by atoms with E-state index in [1.165, 1.54) is 19.1 Å². The molecule has 12 N–H and O–H groups in total. The lowest BCUT2D eigenvalue weighted by Gasteiger charge is -2.34. The topological polar surface area (TPSA) is 438 Å². The first-order chi connectivity index (χ1) is 44.4. The van der Waals surface area contributed by atoms with E-state index in [0.717, 1.165) is 83.0 Å². The third-order valence-electron chi connectivity index (χ3n) is 16.7. The highest BCUT2D eigenvalue weighted by molar-refractivity contribution is 6.00. The Balaban J connectivity index is 0.00000458. The molecule has 0 bridgehead atoms. The lowest BCUT2D eigenvalue weighted by Crippen LogP contribution is -2.61. The highest BCUT2D eigenvalue weighted by Gasteiger charge is 2.50. The Morgan fingerprint density at radius 1 is 0.755 bits per heavy atom. The van der Waals surface area contributed by atoms with Gasteiger partial charge in [-0.25, -0.2) is 0 Å². The second-order valence-corrected chi connectivity index (χ2v) is 24.9. The van der Waals surface area contributed by atoms with Gasteiger partial charge < -0.3 is 95.8 Å². The molecule has 29 heteroatoms. The van der Waals surface area contributed by atoms with Gasteiger partial charge in [0.1, 0.15) is 48.7 Å². The Labute approximate surface area is 543 Å². The Morgan fingerprint density at radius 3 is 1.84 bits per heavy atom. The third kappa shape index (κ3) is 19.3. The van der Waals surface area contributed by atoms with Crippen LogP contribution in [-0.2, 0) is 38.3 Å². The van der Waals surface area contributed by atoms with E-state index >= 15 is 0 Å². The van der Waals surface area contributed by atoms with Gasteiger partial charge >= 0.3 is 5.69 Å². The van der Waals surface area contributed by atoms with Gasteiger partial charge in [-0.2, -0.15) is 0 Å². The fraction of sp³-hybridized carbons (Fsp3) is 0.508. The van der Waals surface area contributed by atoms with Crippen molar-refractivity contribution < 1.29 is 103 Å². The number of likely N-dealkylation sites (N-methyl/N-ethyl adjacent to an activating group) is 1. The number of fused-ring (bicyclic) bond motifs is 2. The summed E-state index contributed by atoms with van der Waals surface area (Å²) in [4.78, 5) is 123. The number of aliphatic hydroxyl groups excluding tert-OH is 7. The number of aromatic hydroxyl groups is 1. The molecule has 6 amide bonds. The second kappa shape index (κ2) is 33.5. The average Bonchev–Trinajstić information content (AvgIpc) is 1.58. The molecule has 0 radical (unpaired) electrons. The molecule has 0 spiro atoms. The number of nitrogens with one attached hydrogen (secondary N) is 4. The number of hydrogen-bond donors (Lipinski definition) is 12. The number of Topliss-reactive ketones (excluding diaryl/α,β-unsaturated/α-hetero) is 1. The molecule has 0 unspecified atom stereocenters. The number of nitro groups is 1. The SMILES string of the molecule is CCCCCOc1ccc(-c2ccc(-c3ccc(C(=O)N[C@H]4C[C@@H](O)[C@@H](OCC[N+](C)(C)C)NC(=O)[C@@H]5[C@@H](O)[C@@H](C)CN5C(=O)[C@H]([C@@H](C)O)NC(=O)[C@H]([C@H](O)[C@@H](O)c5ccc(O)c([N+](=O)[O-])c5)CC(=O)[C@@H]5C[C@@H](O)CN5C(=O)[C@H]([C@@H](C)O)NC4=O)cc3)cc2)cc1.O=C[O-]. The number of ketones is 1. The van der Waals surface area contributed by atoms with Gasteiger partial charge in [0.25, 0.3) is 5.91 Å². The smallest absolute Gasteiger partial charge is 0.311 e. The molecule has 3 fully saturated rings. The number of unbranched alkanes of at least 4 members (excludes halogenated alkanes) is 2. The molecule has 0 aromatic heterocycles. The van der Waals surface area contributed by atoms with Crippen molar-refractivity contribution in [3.05, 3.63) is 112 Å². The van der Waals surface area contributed by atoms with Gasteiger partial charge in [-0.3, -0.25) is 43.7 Å². The van der Waals surface area contributed by atoms with Gasteiger partial charge in [0.05, 0.1) is 81.8 Å². The average molecular weight is 1320 g/mol. The van der Waals surface area contributed by atoms with Crippen LogP contribution in [0.15, 0.2) is 91.0 Å². The molecule has 4 aromatic rings. The summed E-state index contributed by atoms with van der Waals surface area (Å²) in [5.74, 6) is -11.1. The number of phenolic OH excluding ortho intramolecular Hbond substituents is 1. The van der Waals surface area contributed by atoms with Crippen LogP contribution in [0, 0.1) is 22.0 Å². The van der Waals surface area contributed by atoms with Crippen molar-refractivity contribution in [2.75, 3.05) is 54.0 Å². The van der Waals surface area contributed by atoms with E-state index in [-0.39, 0.29) is 25.3 Å². The van der Waals surface area contributed by atoms with E-state index in [1.807, 2.05) is 69.7 Å². The summed E-state index contributed by atoms with van der Waals surface area (Å²) < 4.78 is 12.3. The van der Waals surface area contributed by atoms with E-state index in [4.69, 9.17) is 19.4 Å². The highest BCUT2D eigenvalue weighted by atomic mass is 16.6. The van der Waals surface area contributed by atoms with Crippen LogP contribution in [0.3, 0.4) is 0 Å². The van der Waals surface area contributed by atoms with Gasteiger partial charge in [-0.1, -0.05) is 81.3 Å². The van der Waals surface area contributed by atoms with Gasteiger partial charge in [-0.05, 0) is 78.4 Å². The number of carbonyl (C=O) groups excluding carboxylic acids is 8. The minimum Gasteiger partial charge on any atom is -0.554 e. The number of nitrogens with zero attached hydrogens (tertiary/aromatic N) is 4. The molecule has 29 nitrogen and oxygen atoms in total. The minimum atomic E-state index is -2.41. The maximum Gasteiger partial charge on any atom is 0.311 e. The maximum absolute atomic E-state index is 14.8. The van der Waals surface area contributed by atoms with Crippen LogP contribution in [0.2, 0.25) is 0 Å². The molecule has 4 aromatic carbocycles. The van der Waals surface area contributed by atoms with Crippen LogP contribution >= 0.6 is 0 Å². The van der Waals surface area contributed by atoms with Gasteiger partial charge in [0, 0.05) is 56.4 Å². The van der Waals surface area contributed by atoms with Crippen LogP contribution in [0.4, 0.5) is 5.69 Å². The number of benzene rings is 4. The van der Waals surface area contributed by atoms with Crippen molar-refractivity contribution in [3.63, 3.8) is 0 Å². The zero-order chi connectivity index (χ0) is 69.5. The number of amides is 6. The number of quaternary nitrogens is 1. The molecule has 512 valence electrons. The Hall–Kier alpha value is -8.52. The van der Waals surface area contributed by atoms with Crippen molar-refractivity contribution in [2.24, 2.45) is 11.8 Å². The lowest BCUT2D eigenvalue weighted by molar-refractivity contribution is -0.870. The summed E-state index contributed by atoms with van der Waals surface area (Å²) in [5.41, 5.74) is 2.12. The van der Waals surface area contributed by atoms with Crippen LogP contribution in [-0.4, -0.2) is 235 Å². The zero-order valence-corrected chi connectivity index (χ0v) is 53.3. The second-order valence-electron chi connectivity index (χ2n) is 24.9. The third-order valence-corrected chi connectivity index (χ3v) is 16.7. The van der Waals surface area contributed by atoms with Gasteiger partial charge in [-0.15, -0.1) is 0 Å². The Bertz CT molecular complexity index is 3270. The molecular weight excluding hydrogens is 1230 g/mol. The van der Waals surface area contributed by atoms with E-state index < -0.39 is 186 Å². The first-order valence-corrected chi connectivity index (χ1v) is 30.9. The van der Waals surface area contributed by atoms with Crippen molar-refractivity contribution in [1.82, 2.24) is 31.1 Å². The number of phenols is 1. The number of ether oxygens (including phenoxy) is 2. The molecule has 0 saturated carbocycles.